The molecule has 7 heteroatoms. The smallest absolute Gasteiger partial charge is 0.355 e. The van der Waals surface area contributed by atoms with E-state index in [0.717, 1.165) is 12.8 Å². The highest BCUT2D eigenvalue weighted by Crippen LogP contribution is 2.21. The molecule has 1 amide bonds. The first kappa shape index (κ1) is 20.0. The van der Waals surface area contributed by atoms with Crippen molar-refractivity contribution in [2.24, 2.45) is 5.92 Å². The van der Waals surface area contributed by atoms with Gasteiger partial charge in [0.25, 0.3) is 5.91 Å². The van der Waals surface area contributed by atoms with Gasteiger partial charge in [-0.05, 0) is 52.0 Å². The number of esters is 2. The third-order valence-electron chi connectivity index (χ3n) is 4.52. The van der Waals surface area contributed by atoms with Gasteiger partial charge in [0.15, 0.2) is 6.61 Å². The van der Waals surface area contributed by atoms with Crippen LogP contribution < -0.4 is 0 Å². The molecule has 0 aliphatic carbocycles. The summed E-state index contributed by atoms with van der Waals surface area (Å²) in [6.45, 7) is 10.1. The van der Waals surface area contributed by atoms with Gasteiger partial charge in [0.2, 0.25) is 0 Å². The maximum absolute atomic E-state index is 12.4. The topological polar surface area (TPSA) is 88.7 Å². The van der Waals surface area contributed by atoms with Gasteiger partial charge < -0.3 is 19.4 Å². The Morgan fingerprint density at radius 2 is 1.92 bits per heavy atom. The Kier molecular flexibility index (Phi) is 6.45. The van der Waals surface area contributed by atoms with Crippen molar-refractivity contribution in [3.63, 3.8) is 0 Å². The standard InChI is InChI=1S/C19H28N2O5/c1-11(2)26-18(23)16-13(4)17(20-14(16)5)19(24)25-10-15(22)21-8-6-7-12(3)9-21/h11-12,20H,6-10H2,1-5H3/t12-/m0/s1. The van der Waals surface area contributed by atoms with Crippen molar-refractivity contribution in [2.75, 3.05) is 19.7 Å². The molecular formula is C19H28N2O5. The van der Waals surface area contributed by atoms with Crippen molar-refractivity contribution in [1.29, 1.82) is 0 Å². The predicted octanol–water partition coefficient (Wildman–Crippen LogP) is 2.61. The highest BCUT2D eigenvalue weighted by Gasteiger charge is 2.26. The molecule has 1 saturated heterocycles. The number of aromatic nitrogens is 1. The molecule has 1 aliphatic rings. The third kappa shape index (κ3) is 4.65. The molecule has 2 heterocycles. The number of rotatable bonds is 5. The van der Waals surface area contributed by atoms with Gasteiger partial charge >= 0.3 is 11.9 Å². The first-order chi connectivity index (χ1) is 12.2. The SMILES string of the molecule is Cc1[nH]c(C(=O)OCC(=O)N2CCC[C@H](C)C2)c(C)c1C(=O)OC(C)C. The number of H-pyrrole nitrogens is 1. The van der Waals surface area contributed by atoms with E-state index < -0.39 is 11.9 Å². The fourth-order valence-electron chi connectivity index (χ4n) is 3.24. The van der Waals surface area contributed by atoms with Crippen molar-refractivity contribution < 1.29 is 23.9 Å². The molecular weight excluding hydrogens is 336 g/mol. The zero-order valence-corrected chi connectivity index (χ0v) is 16.2. The molecule has 1 N–H and O–H groups in total. The van der Waals surface area contributed by atoms with Gasteiger partial charge in [0.1, 0.15) is 5.69 Å². The van der Waals surface area contributed by atoms with E-state index in [1.807, 2.05) is 0 Å². The van der Waals surface area contributed by atoms with Gasteiger partial charge in [-0.25, -0.2) is 9.59 Å². The molecule has 0 unspecified atom stereocenters. The van der Waals surface area contributed by atoms with Crippen LogP contribution in [0.25, 0.3) is 0 Å². The number of carbonyl (C=O) groups is 3. The van der Waals surface area contributed by atoms with E-state index >= 15 is 0 Å². The van der Waals surface area contributed by atoms with Gasteiger partial charge in [-0.2, -0.15) is 0 Å². The molecule has 7 nitrogen and oxygen atoms in total. The molecule has 144 valence electrons. The summed E-state index contributed by atoms with van der Waals surface area (Å²) < 4.78 is 10.4. The summed E-state index contributed by atoms with van der Waals surface area (Å²) in [6, 6.07) is 0. The molecule has 0 saturated carbocycles. The highest BCUT2D eigenvalue weighted by atomic mass is 16.5. The molecule has 26 heavy (non-hydrogen) atoms. The Balaban J connectivity index is 2.01. The van der Waals surface area contributed by atoms with E-state index in [4.69, 9.17) is 9.47 Å². The number of likely N-dealkylation sites (tertiary alicyclic amines) is 1. The van der Waals surface area contributed by atoms with E-state index in [1.165, 1.54) is 0 Å². The number of aromatic amines is 1. The second kappa shape index (κ2) is 8.38. The molecule has 0 spiro atoms. The quantitative estimate of drug-likeness (QED) is 0.811. The first-order valence-electron chi connectivity index (χ1n) is 9.05. The van der Waals surface area contributed by atoms with Crippen molar-refractivity contribution in [2.45, 2.75) is 53.6 Å². The van der Waals surface area contributed by atoms with Crippen molar-refractivity contribution in [1.82, 2.24) is 9.88 Å². The zero-order chi connectivity index (χ0) is 19.4. The van der Waals surface area contributed by atoms with Crippen LogP contribution in [0.1, 0.15) is 65.7 Å². The fourth-order valence-corrected chi connectivity index (χ4v) is 3.24. The lowest BCUT2D eigenvalue weighted by atomic mass is 10.0. The molecule has 1 aromatic heterocycles. The van der Waals surface area contributed by atoms with E-state index in [9.17, 15) is 14.4 Å². The van der Waals surface area contributed by atoms with Crippen LogP contribution in [0.2, 0.25) is 0 Å². The average Bonchev–Trinajstić information content (AvgIpc) is 2.86. The lowest BCUT2D eigenvalue weighted by molar-refractivity contribution is -0.136. The van der Waals surface area contributed by atoms with E-state index in [-0.39, 0.29) is 24.3 Å². The largest absolute Gasteiger partial charge is 0.459 e. The first-order valence-corrected chi connectivity index (χ1v) is 9.05. The Bertz CT molecular complexity index is 692. The lowest BCUT2D eigenvalue weighted by Gasteiger charge is -2.30. The van der Waals surface area contributed by atoms with Crippen LogP contribution in [-0.4, -0.2) is 53.5 Å². The summed E-state index contributed by atoms with van der Waals surface area (Å²) in [5.41, 5.74) is 1.52. The molecule has 0 radical (unpaired) electrons. The van der Waals surface area contributed by atoms with Crippen LogP contribution in [-0.2, 0) is 14.3 Å². The third-order valence-corrected chi connectivity index (χ3v) is 4.52. The summed E-state index contributed by atoms with van der Waals surface area (Å²) in [5.74, 6) is -0.854. The van der Waals surface area contributed by atoms with Gasteiger partial charge in [0.05, 0.1) is 11.7 Å². The number of hydrogen-bond donors (Lipinski definition) is 1. The number of nitrogens with one attached hydrogen (secondary N) is 1. The van der Waals surface area contributed by atoms with Crippen LogP contribution in [0.5, 0.6) is 0 Å². The summed E-state index contributed by atoms with van der Waals surface area (Å²) in [7, 11) is 0. The number of nitrogens with zero attached hydrogens (tertiary/aromatic N) is 1. The van der Waals surface area contributed by atoms with Gasteiger partial charge in [-0.3, -0.25) is 4.79 Å². The highest BCUT2D eigenvalue weighted by molar-refractivity contribution is 5.99. The zero-order valence-electron chi connectivity index (χ0n) is 16.2. The van der Waals surface area contributed by atoms with Crippen molar-refractivity contribution >= 4 is 17.8 Å². The Hall–Kier alpha value is -2.31. The molecule has 1 fully saturated rings. The van der Waals surface area contributed by atoms with Crippen LogP contribution in [0.15, 0.2) is 0 Å². The maximum atomic E-state index is 12.4. The summed E-state index contributed by atoms with van der Waals surface area (Å²) in [6.07, 6.45) is 1.83. The predicted molar refractivity (Wildman–Crippen MR) is 96.1 cm³/mol. The number of aryl methyl sites for hydroxylation is 1. The van der Waals surface area contributed by atoms with Crippen molar-refractivity contribution in [3.8, 4) is 0 Å². The van der Waals surface area contributed by atoms with E-state index in [2.05, 4.69) is 11.9 Å². The summed E-state index contributed by atoms with van der Waals surface area (Å²) in [5, 5.41) is 0. The summed E-state index contributed by atoms with van der Waals surface area (Å²) >= 11 is 0. The van der Waals surface area contributed by atoms with Crippen LogP contribution in [0.4, 0.5) is 0 Å². The molecule has 1 aliphatic heterocycles. The lowest BCUT2D eigenvalue weighted by Crippen LogP contribution is -2.41. The number of ether oxygens (including phenoxy) is 2. The molecule has 1 atom stereocenters. The average molecular weight is 364 g/mol. The number of hydrogen-bond acceptors (Lipinski definition) is 5. The molecule has 0 bridgehead atoms. The monoisotopic (exact) mass is 364 g/mol. The van der Waals surface area contributed by atoms with E-state index in [0.29, 0.717) is 35.8 Å². The normalized spacial score (nSPS) is 17.3. The fraction of sp³-hybridized carbons (Fsp3) is 0.632. The minimum atomic E-state index is -0.646. The molecule has 1 aromatic rings. The van der Waals surface area contributed by atoms with Gasteiger partial charge in [0, 0.05) is 18.8 Å². The number of piperidine rings is 1. The minimum absolute atomic E-state index is 0.179. The van der Waals surface area contributed by atoms with Gasteiger partial charge in [-0.15, -0.1) is 0 Å². The Morgan fingerprint density at radius 3 is 2.54 bits per heavy atom. The minimum Gasteiger partial charge on any atom is -0.459 e. The van der Waals surface area contributed by atoms with Gasteiger partial charge in [-0.1, -0.05) is 6.92 Å². The number of amides is 1. The van der Waals surface area contributed by atoms with Crippen molar-refractivity contribution in [3.05, 3.63) is 22.5 Å². The summed E-state index contributed by atoms with van der Waals surface area (Å²) in [4.78, 5) is 41.4. The van der Waals surface area contributed by atoms with Crippen LogP contribution in [0, 0.1) is 19.8 Å². The Morgan fingerprint density at radius 1 is 1.23 bits per heavy atom. The second-order valence-corrected chi connectivity index (χ2v) is 7.24. The second-order valence-electron chi connectivity index (χ2n) is 7.24. The van der Waals surface area contributed by atoms with Crippen LogP contribution >= 0.6 is 0 Å². The molecule has 0 aromatic carbocycles. The maximum Gasteiger partial charge on any atom is 0.355 e. The number of carbonyl (C=O) groups excluding carboxylic acids is 3. The van der Waals surface area contributed by atoms with Crippen LogP contribution in [0.3, 0.4) is 0 Å². The van der Waals surface area contributed by atoms with E-state index in [1.54, 1.807) is 32.6 Å². The molecule has 2 rings (SSSR count). The Labute approximate surface area is 154 Å².